The molecule has 0 bridgehead atoms. The lowest BCUT2D eigenvalue weighted by Crippen LogP contribution is -2.42. The van der Waals surface area contributed by atoms with Gasteiger partial charge in [0, 0.05) is 45.0 Å². The third-order valence-electron chi connectivity index (χ3n) is 2.94. The molecule has 2 rings (SSSR count). The Hall–Kier alpha value is -0.980. The zero-order valence-electron chi connectivity index (χ0n) is 10.3. The molecule has 2 heterocycles. The van der Waals surface area contributed by atoms with Crippen molar-refractivity contribution in [3.05, 3.63) is 29.1 Å². The van der Waals surface area contributed by atoms with Gasteiger partial charge in [0.15, 0.2) is 0 Å². The van der Waals surface area contributed by atoms with Crippen LogP contribution in [0.5, 0.6) is 0 Å². The summed E-state index contributed by atoms with van der Waals surface area (Å²) in [5.41, 5.74) is 3.01. The van der Waals surface area contributed by atoms with E-state index in [9.17, 15) is 8.42 Å². The summed E-state index contributed by atoms with van der Waals surface area (Å²) in [6.45, 7) is 2.87. The predicted octanol–water partition coefficient (Wildman–Crippen LogP) is 0.555. The average molecular weight is 255 g/mol. The minimum Gasteiger partial charge on any atom is -0.258 e. The lowest BCUT2D eigenvalue weighted by atomic mass is 10.1. The maximum atomic E-state index is 12.0. The van der Waals surface area contributed by atoms with Gasteiger partial charge in [0.05, 0.1) is 0 Å². The smallest absolute Gasteiger partial charge is 0.258 e. The van der Waals surface area contributed by atoms with Crippen LogP contribution in [0.4, 0.5) is 0 Å². The molecular formula is C11H17N3O2S. The van der Waals surface area contributed by atoms with Gasteiger partial charge in [-0.25, -0.2) is 0 Å². The van der Waals surface area contributed by atoms with Crippen molar-refractivity contribution in [1.82, 2.24) is 13.6 Å². The van der Waals surface area contributed by atoms with Gasteiger partial charge < -0.3 is 0 Å². The molecule has 0 fully saturated rings. The summed E-state index contributed by atoms with van der Waals surface area (Å²) < 4.78 is 26.7. The lowest BCUT2D eigenvalue weighted by Gasteiger charge is -2.29. The van der Waals surface area contributed by atoms with Gasteiger partial charge in [-0.2, -0.15) is 17.0 Å². The van der Waals surface area contributed by atoms with Crippen molar-refractivity contribution < 1.29 is 8.42 Å². The van der Waals surface area contributed by atoms with Crippen LogP contribution >= 0.6 is 0 Å². The molecule has 0 saturated heterocycles. The standard InChI is InChI=1S/C11H17N3O2S/c1-9-4-5-10-8-14(7-6-11(10)12-9)17(15,16)13(2)3/h4-5H,6-8H2,1-3H3. The minimum atomic E-state index is -3.31. The number of pyridine rings is 1. The van der Waals surface area contributed by atoms with Crippen molar-refractivity contribution in [2.45, 2.75) is 19.9 Å². The molecule has 0 spiro atoms. The molecule has 0 radical (unpaired) electrons. The summed E-state index contributed by atoms with van der Waals surface area (Å²) in [5.74, 6) is 0. The van der Waals surface area contributed by atoms with Gasteiger partial charge in [-0.05, 0) is 18.6 Å². The molecule has 5 nitrogen and oxygen atoms in total. The van der Waals surface area contributed by atoms with Crippen molar-refractivity contribution in [3.63, 3.8) is 0 Å². The highest BCUT2D eigenvalue weighted by molar-refractivity contribution is 7.86. The van der Waals surface area contributed by atoms with E-state index in [0.717, 1.165) is 17.0 Å². The van der Waals surface area contributed by atoms with E-state index in [0.29, 0.717) is 19.5 Å². The van der Waals surface area contributed by atoms with Gasteiger partial charge in [0.1, 0.15) is 0 Å². The summed E-state index contributed by atoms with van der Waals surface area (Å²) in [5, 5.41) is 0. The van der Waals surface area contributed by atoms with Crippen LogP contribution in [-0.2, 0) is 23.2 Å². The normalized spacial score (nSPS) is 17.2. The first-order valence-corrected chi connectivity index (χ1v) is 6.94. The Morgan fingerprint density at radius 2 is 2.06 bits per heavy atom. The Balaban J connectivity index is 2.28. The molecule has 0 aromatic carbocycles. The second kappa shape index (κ2) is 4.36. The molecule has 6 heteroatoms. The zero-order valence-corrected chi connectivity index (χ0v) is 11.2. The maximum Gasteiger partial charge on any atom is 0.281 e. The quantitative estimate of drug-likeness (QED) is 0.775. The molecule has 17 heavy (non-hydrogen) atoms. The van der Waals surface area contributed by atoms with Gasteiger partial charge >= 0.3 is 0 Å². The Bertz CT molecular complexity index is 526. The molecule has 0 aliphatic carbocycles. The summed E-state index contributed by atoms with van der Waals surface area (Å²) >= 11 is 0. The molecule has 1 aromatic heterocycles. The third kappa shape index (κ3) is 2.34. The molecule has 1 aliphatic heterocycles. The second-order valence-electron chi connectivity index (χ2n) is 4.43. The largest absolute Gasteiger partial charge is 0.281 e. The Kier molecular flexibility index (Phi) is 3.20. The van der Waals surface area contributed by atoms with Crippen LogP contribution in [0.3, 0.4) is 0 Å². The topological polar surface area (TPSA) is 53.5 Å². The highest BCUT2D eigenvalue weighted by Gasteiger charge is 2.28. The fraction of sp³-hybridized carbons (Fsp3) is 0.545. The number of aryl methyl sites for hydroxylation is 1. The van der Waals surface area contributed by atoms with Crippen LogP contribution in [0.25, 0.3) is 0 Å². The number of nitrogens with zero attached hydrogens (tertiary/aromatic N) is 3. The Morgan fingerprint density at radius 1 is 1.35 bits per heavy atom. The monoisotopic (exact) mass is 255 g/mol. The number of aromatic nitrogens is 1. The van der Waals surface area contributed by atoms with Crippen molar-refractivity contribution in [2.75, 3.05) is 20.6 Å². The highest BCUT2D eigenvalue weighted by Crippen LogP contribution is 2.20. The van der Waals surface area contributed by atoms with Crippen LogP contribution < -0.4 is 0 Å². The first-order chi connectivity index (χ1) is 7.91. The molecule has 0 unspecified atom stereocenters. The van der Waals surface area contributed by atoms with Crippen molar-refractivity contribution in [3.8, 4) is 0 Å². The maximum absolute atomic E-state index is 12.0. The first kappa shape index (κ1) is 12.5. The van der Waals surface area contributed by atoms with E-state index in [1.165, 1.54) is 8.61 Å². The summed E-state index contributed by atoms with van der Waals surface area (Å²) in [6.07, 6.45) is 0.685. The van der Waals surface area contributed by atoms with E-state index >= 15 is 0 Å². The van der Waals surface area contributed by atoms with Gasteiger partial charge in [0.2, 0.25) is 0 Å². The molecule has 1 aliphatic rings. The number of rotatable bonds is 2. The van der Waals surface area contributed by atoms with Crippen molar-refractivity contribution in [2.24, 2.45) is 0 Å². The Morgan fingerprint density at radius 3 is 2.71 bits per heavy atom. The van der Waals surface area contributed by atoms with E-state index in [-0.39, 0.29) is 0 Å². The number of hydrogen-bond donors (Lipinski definition) is 0. The Labute approximate surface area is 102 Å². The fourth-order valence-electron chi connectivity index (χ4n) is 1.93. The first-order valence-electron chi connectivity index (χ1n) is 5.54. The fourth-order valence-corrected chi connectivity index (χ4v) is 3.01. The summed E-state index contributed by atoms with van der Waals surface area (Å²) in [6, 6.07) is 3.89. The average Bonchev–Trinajstić information content (AvgIpc) is 2.28. The van der Waals surface area contributed by atoms with Crippen LogP contribution in [0.15, 0.2) is 12.1 Å². The van der Waals surface area contributed by atoms with Gasteiger partial charge in [-0.1, -0.05) is 6.07 Å². The van der Waals surface area contributed by atoms with Crippen LogP contribution in [-0.4, -0.2) is 42.7 Å². The van der Waals surface area contributed by atoms with Crippen molar-refractivity contribution >= 4 is 10.2 Å². The molecule has 0 amide bonds. The molecule has 1 aromatic rings. The van der Waals surface area contributed by atoms with E-state index in [2.05, 4.69) is 4.98 Å². The van der Waals surface area contributed by atoms with E-state index in [4.69, 9.17) is 0 Å². The zero-order chi connectivity index (χ0) is 12.6. The number of hydrogen-bond acceptors (Lipinski definition) is 3. The molecular weight excluding hydrogens is 238 g/mol. The van der Waals surface area contributed by atoms with Crippen LogP contribution in [0.2, 0.25) is 0 Å². The summed E-state index contributed by atoms with van der Waals surface area (Å²) in [7, 11) is -0.206. The summed E-state index contributed by atoms with van der Waals surface area (Å²) in [4.78, 5) is 4.44. The van der Waals surface area contributed by atoms with Crippen LogP contribution in [0, 0.1) is 6.92 Å². The second-order valence-corrected chi connectivity index (χ2v) is 6.57. The molecule has 94 valence electrons. The van der Waals surface area contributed by atoms with E-state index in [1.54, 1.807) is 14.1 Å². The van der Waals surface area contributed by atoms with Gasteiger partial charge in [-0.15, -0.1) is 0 Å². The van der Waals surface area contributed by atoms with Gasteiger partial charge in [-0.3, -0.25) is 4.98 Å². The number of fused-ring (bicyclic) bond motifs is 1. The molecule has 0 atom stereocenters. The predicted molar refractivity (Wildman–Crippen MR) is 65.7 cm³/mol. The molecule has 0 saturated carbocycles. The SMILES string of the molecule is Cc1ccc2c(n1)CCN(S(=O)(=O)N(C)C)C2. The van der Waals surface area contributed by atoms with Crippen molar-refractivity contribution in [1.29, 1.82) is 0 Å². The molecule has 0 N–H and O–H groups in total. The third-order valence-corrected chi connectivity index (χ3v) is 4.83. The van der Waals surface area contributed by atoms with E-state index < -0.39 is 10.2 Å². The van der Waals surface area contributed by atoms with E-state index in [1.807, 2.05) is 19.1 Å². The lowest BCUT2D eigenvalue weighted by molar-refractivity contribution is 0.356. The van der Waals surface area contributed by atoms with Gasteiger partial charge in [0.25, 0.3) is 10.2 Å². The highest BCUT2D eigenvalue weighted by atomic mass is 32.2. The van der Waals surface area contributed by atoms with Crippen LogP contribution in [0.1, 0.15) is 17.0 Å². The minimum absolute atomic E-state index is 0.420.